The van der Waals surface area contributed by atoms with Crippen molar-refractivity contribution in [3.05, 3.63) is 0 Å². The summed E-state index contributed by atoms with van der Waals surface area (Å²) < 4.78 is 11.6. The Morgan fingerprint density at radius 3 is 2.82 bits per heavy atom. The van der Waals surface area contributed by atoms with Gasteiger partial charge in [0.1, 0.15) is 0 Å². The molecule has 2 N–H and O–H groups in total. The Morgan fingerprint density at radius 2 is 2.18 bits per heavy atom. The summed E-state index contributed by atoms with van der Waals surface area (Å²) in [4.78, 5) is 0. The molecule has 1 heterocycles. The maximum absolute atomic E-state index is 8.85. The fraction of sp³-hybridized carbons (Fsp3) is 1.00. The molecule has 2 aliphatic rings. The Morgan fingerprint density at radius 1 is 1.41 bits per heavy atom. The van der Waals surface area contributed by atoms with Crippen molar-refractivity contribution < 1.29 is 14.6 Å². The van der Waals surface area contributed by atoms with Gasteiger partial charge in [0.15, 0.2) is 5.79 Å². The molecule has 1 saturated heterocycles. The first-order chi connectivity index (χ1) is 8.29. The van der Waals surface area contributed by atoms with Gasteiger partial charge in [-0.2, -0.15) is 11.8 Å². The van der Waals surface area contributed by atoms with Gasteiger partial charge in [-0.15, -0.1) is 0 Å². The highest BCUT2D eigenvalue weighted by atomic mass is 32.2. The molecule has 0 aromatic heterocycles. The third-order valence-electron chi connectivity index (χ3n) is 3.62. The Labute approximate surface area is 107 Å². The number of ether oxygens (including phenoxy) is 2. The molecule has 0 bridgehead atoms. The van der Waals surface area contributed by atoms with Crippen molar-refractivity contribution in [1.29, 1.82) is 0 Å². The first-order valence-electron chi connectivity index (χ1n) is 6.47. The van der Waals surface area contributed by atoms with E-state index in [-0.39, 0.29) is 12.4 Å². The minimum atomic E-state index is -0.301. The van der Waals surface area contributed by atoms with Gasteiger partial charge in [0, 0.05) is 30.7 Å². The fourth-order valence-electron chi connectivity index (χ4n) is 2.68. The summed E-state index contributed by atoms with van der Waals surface area (Å²) in [6, 6.07) is 0.539. The second kappa shape index (κ2) is 6.38. The molecule has 0 amide bonds. The summed E-state index contributed by atoms with van der Waals surface area (Å²) in [5.74, 6) is 0.708. The summed E-state index contributed by atoms with van der Waals surface area (Å²) in [5, 5.41) is 12.8. The summed E-state index contributed by atoms with van der Waals surface area (Å²) in [7, 11) is 2.03. The number of rotatable bonds is 5. The van der Waals surface area contributed by atoms with E-state index >= 15 is 0 Å². The molecular formula is C12H23NO3S. The molecule has 100 valence electrons. The Kier molecular flexibility index (Phi) is 5.11. The molecule has 1 aliphatic carbocycles. The molecule has 1 aliphatic heterocycles. The van der Waals surface area contributed by atoms with Crippen LogP contribution >= 0.6 is 11.8 Å². The van der Waals surface area contributed by atoms with E-state index in [1.807, 2.05) is 18.8 Å². The van der Waals surface area contributed by atoms with Crippen molar-refractivity contribution in [3.63, 3.8) is 0 Å². The van der Waals surface area contributed by atoms with E-state index in [0.717, 1.165) is 44.6 Å². The lowest BCUT2D eigenvalue weighted by Crippen LogP contribution is -2.48. The zero-order valence-corrected chi connectivity index (χ0v) is 11.3. The molecule has 0 aromatic carbocycles. The van der Waals surface area contributed by atoms with Crippen molar-refractivity contribution >= 4 is 11.8 Å². The van der Waals surface area contributed by atoms with Crippen LogP contribution in [0.2, 0.25) is 0 Å². The van der Waals surface area contributed by atoms with Gasteiger partial charge >= 0.3 is 0 Å². The standard InChI is InChI=1S/C12H23NO3S/c1-13-10-3-4-12(15-6-7-16-12)9-11(10)17-8-2-5-14/h10-11,13-14H,2-9H2,1H3. The van der Waals surface area contributed by atoms with E-state index in [0.29, 0.717) is 11.3 Å². The maximum Gasteiger partial charge on any atom is 0.169 e. The van der Waals surface area contributed by atoms with Gasteiger partial charge in [0.2, 0.25) is 0 Å². The third-order valence-corrected chi connectivity index (χ3v) is 5.06. The molecule has 5 heteroatoms. The van der Waals surface area contributed by atoms with Gasteiger partial charge in [-0.3, -0.25) is 0 Å². The molecule has 2 rings (SSSR count). The van der Waals surface area contributed by atoms with Gasteiger partial charge < -0.3 is 19.9 Å². The van der Waals surface area contributed by atoms with E-state index < -0.39 is 0 Å². The number of thioether (sulfide) groups is 1. The van der Waals surface area contributed by atoms with E-state index in [1.54, 1.807) is 0 Å². The largest absolute Gasteiger partial charge is 0.396 e. The quantitative estimate of drug-likeness (QED) is 0.723. The van der Waals surface area contributed by atoms with E-state index in [2.05, 4.69) is 5.32 Å². The van der Waals surface area contributed by atoms with Crippen molar-refractivity contribution in [2.24, 2.45) is 0 Å². The van der Waals surface area contributed by atoms with Gasteiger partial charge in [-0.25, -0.2) is 0 Å². The van der Waals surface area contributed by atoms with Crippen LogP contribution in [-0.4, -0.2) is 54.8 Å². The second-order valence-electron chi connectivity index (χ2n) is 4.73. The van der Waals surface area contributed by atoms with Crippen LogP contribution in [-0.2, 0) is 9.47 Å². The van der Waals surface area contributed by atoms with Crippen molar-refractivity contribution in [2.75, 3.05) is 32.6 Å². The highest BCUT2D eigenvalue weighted by Crippen LogP contribution is 2.40. The van der Waals surface area contributed by atoms with E-state index in [9.17, 15) is 0 Å². The summed E-state index contributed by atoms with van der Waals surface area (Å²) in [6.07, 6.45) is 3.93. The van der Waals surface area contributed by atoms with Gasteiger partial charge in [-0.1, -0.05) is 0 Å². The first kappa shape index (κ1) is 13.6. The zero-order chi connectivity index (χ0) is 12.1. The third kappa shape index (κ3) is 3.35. The summed E-state index contributed by atoms with van der Waals surface area (Å²) in [6.45, 7) is 1.75. The number of hydrogen-bond acceptors (Lipinski definition) is 5. The van der Waals surface area contributed by atoms with Crippen LogP contribution in [0.3, 0.4) is 0 Å². The molecule has 17 heavy (non-hydrogen) atoms. The Bertz CT molecular complexity index is 234. The van der Waals surface area contributed by atoms with Gasteiger partial charge in [0.05, 0.1) is 13.2 Å². The number of hydrogen-bond donors (Lipinski definition) is 2. The van der Waals surface area contributed by atoms with E-state index in [1.165, 1.54) is 0 Å². The normalized spacial score (nSPS) is 32.1. The van der Waals surface area contributed by atoms with Crippen LogP contribution in [0, 0.1) is 0 Å². The fourth-order valence-corrected chi connectivity index (χ4v) is 4.15. The zero-order valence-electron chi connectivity index (χ0n) is 10.5. The van der Waals surface area contributed by atoms with Crippen LogP contribution in [0.25, 0.3) is 0 Å². The summed E-state index contributed by atoms with van der Waals surface area (Å²) >= 11 is 1.93. The minimum Gasteiger partial charge on any atom is -0.396 e. The maximum atomic E-state index is 8.85. The van der Waals surface area contributed by atoms with Gasteiger partial charge in [0.25, 0.3) is 0 Å². The molecule has 2 atom stereocenters. The first-order valence-corrected chi connectivity index (χ1v) is 7.52. The topological polar surface area (TPSA) is 50.7 Å². The highest BCUT2D eigenvalue weighted by Gasteiger charge is 2.44. The van der Waals surface area contributed by atoms with Crippen LogP contribution < -0.4 is 5.32 Å². The van der Waals surface area contributed by atoms with Crippen molar-refractivity contribution in [1.82, 2.24) is 5.32 Å². The number of aliphatic hydroxyl groups excluding tert-OH is 1. The highest BCUT2D eigenvalue weighted by molar-refractivity contribution is 7.99. The SMILES string of the molecule is CNC1CCC2(CC1SCCCO)OCCO2. The van der Waals surface area contributed by atoms with Crippen molar-refractivity contribution in [2.45, 2.75) is 42.8 Å². The number of aliphatic hydroxyl groups is 1. The minimum absolute atomic E-state index is 0.280. The average molecular weight is 261 g/mol. The predicted octanol–water partition coefficient (Wildman–Crippen LogP) is 0.986. The van der Waals surface area contributed by atoms with Crippen LogP contribution in [0.5, 0.6) is 0 Å². The lowest BCUT2D eigenvalue weighted by molar-refractivity contribution is -0.177. The summed E-state index contributed by atoms with van der Waals surface area (Å²) in [5.41, 5.74) is 0. The van der Waals surface area contributed by atoms with Gasteiger partial charge in [-0.05, 0) is 25.6 Å². The van der Waals surface area contributed by atoms with Crippen LogP contribution in [0.1, 0.15) is 25.7 Å². The second-order valence-corrected chi connectivity index (χ2v) is 6.08. The molecule has 0 radical (unpaired) electrons. The predicted molar refractivity (Wildman–Crippen MR) is 69.3 cm³/mol. The molecule has 0 aromatic rings. The average Bonchev–Trinajstić information content (AvgIpc) is 2.78. The van der Waals surface area contributed by atoms with Crippen LogP contribution in [0.4, 0.5) is 0 Å². The van der Waals surface area contributed by atoms with E-state index in [4.69, 9.17) is 14.6 Å². The Hall–Kier alpha value is 0.190. The smallest absolute Gasteiger partial charge is 0.169 e. The molecule has 1 spiro atoms. The molecule has 4 nitrogen and oxygen atoms in total. The lowest BCUT2D eigenvalue weighted by Gasteiger charge is -2.40. The monoisotopic (exact) mass is 261 g/mol. The molecule has 1 saturated carbocycles. The van der Waals surface area contributed by atoms with Crippen LogP contribution in [0.15, 0.2) is 0 Å². The number of nitrogens with one attached hydrogen (secondary N) is 1. The Balaban J connectivity index is 1.88. The van der Waals surface area contributed by atoms with Crippen molar-refractivity contribution in [3.8, 4) is 0 Å². The molecule has 2 fully saturated rings. The molecule has 2 unspecified atom stereocenters. The molecular weight excluding hydrogens is 238 g/mol. The lowest BCUT2D eigenvalue weighted by atomic mass is 9.89.